The molecule has 3 nitrogen and oxygen atoms in total. The zero-order valence-electron chi connectivity index (χ0n) is 9.40. The molecule has 0 atom stereocenters. The molecule has 0 aliphatic rings. The summed E-state index contributed by atoms with van der Waals surface area (Å²) in [7, 11) is 0. The average molecular weight is 228 g/mol. The van der Waals surface area contributed by atoms with E-state index in [1.807, 2.05) is 0 Å². The fourth-order valence-corrected chi connectivity index (χ4v) is 0. The summed E-state index contributed by atoms with van der Waals surface area (Å²) in [6, 6.07) is 0. The Labute approximate surface area is 94.1 Å². The SMILES string of the molecule is CC(C)[O-].CC(C)[O-].CC(C)[O-].[V+5]. The summed E-state index contributed by atoms with van der Waals surface area (Å²) < 4.78 is 0. The van der Waals surface area contributed by atoms with Gasteiger partial charge in [-0.2, -0.15) is 0 Å². The van der Waals surface area contributed by atoms with Crippen molar-refractivity contribution in [1.29, 1.82) is 0 Å². The number of hydrogen-bond acceptors (Lipinski definition) is 3. The van der Waals surface area contributed by atoms with Crippen LogP contribution in [0.1, 0.15) is 41.5 Å². The van der Waals surface area contributed by atoms with Crippen molar-refractivity contribution in [3.63, 3.8) is 0 Å². The van der Waals surface area contributed by atoms with Gasteiger partial charge in [-0.3, -0.25) is 0 Å². The first kappa shape index (κ1) is 23.4. The van der Waals surface area contributed by atoms with Gasteiger partial charge in [0.2, 0.25) is 0 Å². The Hall–Kier alpha value is 0.464. The van der Waals surface area contributed by atoms with Crippen molar-refractivity contribution in [2.45, 2.75) is 59.9 Å². The third kappa shape index (κ3) is 6330. The van der Waals surface area contributed by atoms with Crippen molar-refractivity contribution in [3.8, 4) is 0 Å². The molecule has 0 saturated carbocycles. The molecule has 0 heterocycles. The van der Waals surface area contributed by atoms with Gasteiger partial charge >= 0.3 is 18.6 Å². The van der Waals surface area contributed by atoms with Gasteiger partial charge in [-0.1, -0.05) is 41.5 Å². The van der Waals surface area contributed by atoms with Gasteiger partial charge in [-0.25, -0.2) is 0 Å². The molecule has 13 heavy (non-hydrogen) atoms. The first-order valence-corrected chi connectivity index (χ1v) is 4.17. The van der Waals surface area contributed by atoms with Crippen molar-refractivity contribution in [1.82, 2.24) is 0 Å². The Kier molecular flexibility index (Phi) is 32.9. The molecular formula is C9H21O3V+2. The molecule has 0 N–H and O–H groups in total. The summed E-state index contributed by atoms with van der Waals surface area (Å²) in [5.74, 6) is 0. The van der Waals surface area contributed by atoms with Crippen LogP contribution in [0.15, 0.2) is 0 Å². The molecule has 0 aliphatic carbocycles. The summed E-state index contributed by atoms with van der Waals surface area (Å²) in [6.07, 6.45) is -1.25. The van der Waals surface area contributed by atoms with Gasteiger partial charge in [0.1, 0.15) is 0 Å². The molecule has 0 aromatic heterocycles. The molecule has 0 unspecified atom stereocenters. The maximum Gasteiger partial charge on any atom is 5.00 e. The second kappa shape index (κ2) is 18.3. The van der Waals surface area contributed by atoms with E-state index in [9.17, 15) is 15.3 Å². The van der Waals surface area contributed by atoms with Crippen LogP contribution in [-0.2, 0) is 18.6 Å². The van der Waals surface area contributed by atoms with Gasteiger partial charge in [0.15, 0.2) is 0 Å². The Morgan fingerprint density at radius 1 is 0.538 bits per heavy atom. The van der Waals surface area contributed by atoms with E-state index in [0.29, 0.717) is 0 Å². The van der Waals surface area contributed by atoms with Gasteiger partial charge < -0.3 is 15.3 Å². The second-order valence-electron chi connectivity index (χ2n) is 3.15. The van der Waals surface area contributed by atoms with Crippen LogP contribution in [-0.4, -0.2) is 18.3 Å². The second-order valence-corrected chi connectivity index (χ2v) is 3.15. The third-order valence-corrected chi connectivity index (χ3v) is 0. The molecule has 0 spiro atoms. The fourth-order valence-electron chi connectivity index (χ4n) is 0. The molecule has 4 heteroatoms. The van der Waals surface area contributed by atoms with E-state index in [-0.39, 0.29) is 18.6 Å². The van der Waals surface area contributed by atoms with Crippen LogP contribution in [0.2, 0.25) is 0 Å². The van der Waals surface area contributed by atoms with E-state index in [0.717, 1.165) is 0 Å². The largest absolute Gasteiger partial charge is 5.00 e. The van der Waals surface area contributed by atoms with E-state index >= 15 is 0 Å². The predicted molar refractivity (Wildman–Crippen MR) is 45.4 cm³/mol. The van der Waals surface area contributed by atoms with Crippen LogP contribution in [0, 0.1) is 0 Å². The Bertz CT molecular complexity index is 43.4. The first-order valence-electron chi connectivity index (χ1n) is 4.17. The van der Waals surface area contributed by atoms with Crippen LogP contribution in [0.25, 0.3) is 0 Å². The minimum atomic E-state index is -0.417. The molecule has 0 aromatic carbocycles. The van der Waals surface area contributed by atoms with Crippen LogP contribution in [0.4, 0.5) is 0 Å². The molecule has 0 aliphatic heterocycles. The first-order chi connectivity index (χ1) is 5.20. The van der Waals surface area contributed by atoms with Gasteiger partial charge in [0.05, 0.1) is 0 Å². The maximum absolute atomic E-state index is 9.53. The van der Waals surface area contributed by atoms with Gasteiger partial charge in [0, 0.05) is 0 Å². The van der Waals surface area contributed by atoms with E-state index < -0.39 is 18.3 Å². The summed E-state index contributed by atoms with van der Waals surface area (Å²) in [5.41, 5.74) is 0. The van der Waals surface area contributed by atoms with E-state index in [2.05, 4.69) is 0 Å². The summed E-state index contributed by atoms with van der Waals surface area (Å²) >= 11 is 0. The molecular weight excluding hydrogens is 207 g/mol. The molecule has 0 fully saturated rings. The topological polar surface area (TPSA) is 69.2 Å². The standard InChI is InChI=1S/3C3H7O.V/c3*1-3(2)4;/h3*3H,1-2H3;/q3*-1;+5. The quantitative estimate of drug-likeness (QED) is 0.548. The maximum atomic E-state index is 9.53. The number of hydrogen-bond donors (Lipinski definition) is 0. The molecule has 0 rings (SSSR count). The average Bonchev–Trinajstić information content (AvgIpc) is 1.54. The normalized spacial score (nSPS) is 8.31. The van der Waals surface area contributed by atoms with E-state index in [1.165, 1.54) is 0 Å². The summed E-state index contributed by atoms with van der Waals surface area (Å²) in [5, 5.41) is 28.6. The van der Waals surface area contributed by atoms with Crippen molar-refractivity contribution >= 4 is 0 Å². The van der Waals surface area contributed by atoms with E-state index in [1.54, 1.807) is 41.5 Å². The molecule has 0 aromatic rings. The van der Waals surface area contributed by atoms with Crippen LogP contribution >= 0.6 is 0 Å². The number of rotatable bonds is 0. The zero-order valence-corrected chi connectivity index (χ0v) is 10.8. The van der Waals surface area contributed by atoms with Crippen LogP contribution in [0.3, 0.4) is 0 Å². The van der Waals surface area contributed by atoms with Crippen molar-refractivity contribution in [3.05, 3.63) is 0 Å². The Morgan fingerprint density at radius 2 is 0.538 bits per heavy atom. The van der Waals surface area contributed by atoms with Gasteiger partial charge in [0.25, 0.3) is 0 Å². The summed E-state index contributed by atoms with van der Waals surface area (Å²) in [6.45, 7) is 9.67. The minimum Gasteiger partial charge on any atom is -0.852 e. The molecule has 78 valence electrons. The molecule has 0 amide bonds. The van der Waals surface area contributed by atoms with E-state index in [4.69, 9.17) is 0 Å². The van der Waals surface area contributed by atoms with Crippen molar-refractivity contribution < 1.29 is 33.9 Å². The molecule has 0 bridgehead atoms. The fraction of sp³-hybridized carbons (Fsp3) is 1.00. The van der Waals surface area contributed by atoms with Crippen LogP contribution in [0.5, 0.6) is 0 Å². The zero-order chi connectivity index (χ0) is 10.7. The molecule has 0 saturated heterocycles. The predicted octanol–water partition coefficient (Wildman–Crippen LogP) is -0.737. The smallest absolute Gasteiger partial charge is 0.852 e. The Balaban J connectivity index is -0.0000000450. The Morgan fingerprint density at radius 3 is 0.538 bits per heavy atom. The third-order valence-electron chi connectivity index (χ3n) is 0. The minimum absolute atomic E-state index is 0. The monoisotopic (exact) mass is 228 g/mol. The van der Waals surface area contributed by atoms with Gasteiger partial charge in [-0.05, 0) is 0 Å². The van der Waals surface area contributed by atoms with Crippen molar-refractivity contribution in [2.24, 2.45) is 0 Å². The van der Waals surface area contributed by atoms with Crippen LogP contribution < -0.4 is 15.3 Å². The molecule has 0 radical (unpaired) electrons. The van der Waals surface area contributed by atoms with Crippen molar-refractivity contribution in [2.75, 3.05) is 0 Å². The van der Waals surface area contributed by atoms with Gasteiger partial charge in [-0.15, -0.1) is 18.3 Å². The summed E-state index contributed by atoms with van der Waals surface area (Å²) in [4.78, 5) is 0.